The molecule has 0 spiro atoms. The molecule has 3 heterocycles. The molecule has 3 fully saturated rings. The molecule has 15 heavy (non-hydrogen) atoms. The number of fused-ring (bicyclic) bond motifs is 2. The Hall–Kier alpha value is -0.610. The van der Waals surface area contributed by atoms with Gasteiger partial charge >= 0.3 is 0 Å². The third-order valence-corrected chi connectivity index (χ3v) is 3.82. The van der Waals surface area contributed by atoms with Gasteiger partial charge in [0.1, 0.15) is 0 Å². The first kappa shape index (κ1) is 9.60. The van der Waals surface area contributed by atoms with Crippen molar-refractivity contribution in [3.05, 3.63) is 0 Å². The summed E-state index contributed by atoms with van der Waals surface area (Å²) >= 11 is 0. The molecule has 84 valence electrons. The summed E-state index contributed by atoms with van der Waals surface area (Å²) in [6.07, 6.45) is 6.22. The molecule has 0 saturated carbocycles. The highest BCUT2D eigenvalue weighted by atomic mass is 16.5. The van der Waals surface area contributed by atoms with E-state index in [0.717, 1.165) is 19.4 Å². The van der Waals surface area contributed by atoms with E-state index in [1.807, 2.05) is 0 Å². The van der Waals surface area contributed by atoms with Gasteiger partial charge in [-0.3, -0.25) is 4.79 Å². The van der Waals surface area contributed by atoms with Crippen LogP contribution in [0.4, 0.5) is 0 Å². The summed E-state index contributed by atoms with van der Waals surface area (Å²) < 4.78 is 5.77. The molecule has 4 unspecified atom stereocenters. The lowest BCUT2D eigenvalue weighted by molar-refractivity contribution is -0.119. The van der Waals surface area contributed by atoms with Crippen molar-refractivity contribution in [3.63, 3.8) is 0 Å². The van der Waals surface area contributed by atoms with Gasteiger partial charge < -0.3 is 15.4 Å². The molecule has 0 aromatic rings. The number of hydrogen-bond donors (Lipinski definition) is 2. The van der Waals surface area contributed by atoms with Gasteiger partial charge in [0.15, 0.2) is 0 Å². The summed E-state index contributed by atoms with van der Waals surface area (Å²) in [5.41, 5.74) is 0. The Morgan fingerprint density at radius 1 is 1.40 bits per heavy atom. The van der Waals surface area contributed by atoms with E-state index >= 15 is 0 Å². The van der Waals surface area contributed by atoms with Gasteiger partial charge in [0.05, 0.1) is 12.2 Å². The Morgan fingerprint density at radius 2 is 2.33 bits per heavy atom. The molecule has 4 nitrogen and oxygen atoms in total. The number of amides is 1. The maximum absolute atomic E-state index is 11.0. The average Bonchev–Trinajstić information content (AvgIpc) is 2.90. The van der Waals surface area contributed by atoms with Gasteiger partial charge in [-0.25, -0.2) is 0 Å². The fourth-order valence-electron chi connectivity index (χ4n) is 2.98. The lowest BCUT2D eigenvalue weighted by Crippen LogP contribution is -2.44. The van der Waals surface area contributed by atoms with E-state index in [9.17, 15) is 4.79 Å². The normalized spacial score (nSPS) is 43.6. The minimum Gasteiger partial charge on any atom is -0.373 e. The van der Waals surface area contributed by atoms with Crippen molar-refractivity contribution in [2.24, 2.45) is 0 Å². The van der Waals surface area contributed by atoms with Crippen molar-refractivity contribution in [3.8, 4) is 0 Å². The van der Waals surface area contributed by atoms with E-state index in [0.29, 0.717) is 30.7 Å². The number of rotatable bonds is 3. The Kier molecular flexibility index (Phi) is 2.41. The monoisotopic (exact) mass is 210 g/mol. The molecule has 2 bridgehead atoms. The van der Waals surface area contributed by atoms with Crippen molar-refractivity contribution in [1.29, 1.82) is 0 Å². The largest absolute Gasteiger partial charge is 0.373 e. The highest BCUT2D eigenvalue weighted by Crippen LogP contribution is 2.34. The Bertz CT molecular complexity index is 269. The standard InChI is InChI=1S/C11H18N2O2/c14-11-4-1-7(13-11)6-12-9-5-8-2-3-10(9)15-8/h7-10,12H,1-6H2,(H,13,14). The van der Waals surface area contributed by atoms with E-state index in [4.69, 9.17) is 4.74 Å². The van der Waals surface area contributed by atoms with Gasteiger partial charge in [-0.2, -0.15) is 0 Å². The van der Waals surface area contributed by atoms with Gasteiger partial charge in [-0.05, 0) is 25.7 Å². The third kappa shape index (κ3) is 1.88. The summed E-state index contributed by atoms with van der Waals surface area (Å²) in [5.74, 6) is 0.200. The number of carbonyl (C=O) groups excluding carboxylic acids is 1. The molecule has 4 atom stereocenters. The van der Waals surface area contributed by atoms with Crippen molar-refractivity contribution in [2.45, 2.75) is 56.4 Å². The lowest BCUT2D eigenvalue weighted by Gasteiger charge is -2.22. The molecule has 0 aromatic heterocycles. The summed E-state index contributed by atoms with van der Waals surface area (Å²) in [5, 5.41) is 6.52. The Labute approximate surface area is 89.7 Å². The molecule has 1 amide bonds. The van der Waals surface area contributed by atoms with E-state index < -0.39 is 0 Å². The van der Waals surface area contributed by atoms with Crippen molar-refractivity contribution >= 4 is 5.91 Å². The zero-order valence-corrected chi connectivity index (χ0v) is 8.87. The van der Waals surface area contributed by atoms with Gasteiger partial charge in [0.2, 0.25) is 5.91 Å². The summed E-state index contributed by atoms with van der Waals surface area (Å²) in [4.78, 5) is 11.0. The van der Waals surface area contributed by atoms with Crippen LogP contribution in [-0.4, -0.2) is 36.7 Å². The minimum atomic E-state index is 0.200. The van der Waals surface area contributed by atoms with Crippen LogP contribution in [0.1, 0.15) is 32.1 Å². The molecule has 0 radical (unpaired) electrons. The summed E-state index contributed by atoms with van der Waals surface area (Å²) in [6.45, 7) is 0.906. The maximum atomic E-state index is 11.0. The van der Waals surface area contributed by atoms with Crippen molar-refractivity contribution < 1.29 is 9.53 Å². The average molecular weight is 210 g/mol. The lowest BCUT2D eigenvalue weighted by atomic mass is 9.95. The molecule has 0 aliphatic carbocycles. The van der Waals surface area contributed by atoms with Gasteiger partial charge in [0, 0.05) is 25.0 Å². The fraction of sp³-hybridized carbons (Fsp3) is 0.909. The van der Waals surface area contributed by atoms with Crippen LogP contribution in [0, 0.1) is 0 Å². The second-order valence-corrected chi connectivity index (χ2v) is 4.93. The maximum Gasteiger partial charge on any atom is 0.220 e. The quantitative estimate of drug-likeness (QED) is 0.698. The molecule has 3 aliphatic rings. The van der Waals surface area contributed by atoms with Crippen LogP contribution in [0.25, 0.3) is 0 Å². The van der Waals surface area contributed by atoms with Crippen LogP contribution in [0.5, 0.6) is 0 Å². The second kappa shape index (κ2) is 3.76. The number of hydrogen-bond acceptors (Lipinski definition) is 3. The first-order valence-electron chi connectivity index (χ1n) is 5.99. The predicted molar refractivity (Wildman–Crippen MR) is 55.5 cm³/mol. The molecular weight excluding hydrogens is 192 g/mol. The topological polar surface area (TPSA) is 50.4 Å². The number of ether oxygens (including phenoxy) is 1. The molecular formula is C11H18N2O2. The SMILES string of the molecule is O=C1CCC(CNC2CC3CCC2O3)N1. The molecule has 3 saturated heterocycles. The van der Waals surface area contributed by atoms with E-state index in [2.05, 4.69) is 10.6 Å². The minimum absolute atomic E-state index is 0.200. The van der Waals surface area contributed by atoms with Crippen molar-refractivity contribution in [2.75, 3.05) is 6.54 Å². The summed E-state index contributed by atoms with van der Waals surface area (Å²) in [7, 11) is 0. The van der Waals surface area contributed by atoms with Gasteiger partial charge in [-0.15, -0.1) is 0 Å². The molecule has 0 aromatic carbocycles. The van der Waals surface area contributed by atoms with Crippen LogP contribution in [0.2, 0.25) is 0 Å². The van der Waals surface area contributed by atoms with Crippen LogP contribution in [0.3, 0.4) is 0 Å². The highest BCUT2D eigenvalue weighted by molar-refractivity contribution is 5.78. The van der Waals surface area contributed by atoms with Crippen LogP contribution >= 0.6 is 0 Å². The number of carbonyl (C=O) groups is 1. The van der Waals surface area contributed by atoms with E-state index in [1.54, 1.807) is 0 Å². The Morgan fingerprint density at radius 3 is 2.93 bits per heavy atom. The molecule has 2 N–H and O–H groups in total. The zero-order valence-electron chi connectivity index (χ0n) is 8.87. The van der Waals surface area contributed by atoms with Crippen LogP contribution in [0.15, 0.2) is 0 Å². The zero-order chi connectivity index (χ0) is 10.3. The predicted octanol–water partition coefficient (Wildman–Crippen LogP) is 0.175. The first-order valence-corrected chi connectivity index (χ1v) is 5.99. The molecule has 3 aliphatic heterocycles. The smallest absolute Gasteiger partial charge is 0.220 e. The first-order chi connectivity index (χ1) is 7.31. The molecule has 3 rings (SSSR count). The van der Waals surface area contributed by atoms with Crippen LogP contribution in [-0.2, 0) is 9.53 Å². The number of nitrogens with one attached hydrogen (secondary N) is 2. The van der Waals surface area contributed by atoms with E-state index in [-0.39, 0.29) is 5.91 Å². The third-order valence-electron chi connectivity index (χ3n) is 3.82. The van der Waals surface area contributed by atoms with Crippen molar-refractivity contribution in [1.82, 2.24) is 10.6 Å². The fourth-order valence-corrected chi connectivity index (χ4v) is 2.98. The Balaban J connectivity index is 1.45. The van der Waals surface area contributed by atoms with E-state index in [1.165, 1.54) is 12.8 Å². The van der Waals surface area contributed by atoms with Gasteiger partial charge in [0.25, 0.3) is 0 Å². The molecule has 4 heteroatoms. The van der Waals surface area contributed by atoms with Gasteiger partial charge in [-0.1, -0.05) is 0 Å². The van der Waals surface area contributed by atoms with Crippen LogP contribution < -0.4 is 10.6 Å². The highest BCUT2D eigenvalue weighted by Gasteiger charge is 2.40. The second-order valence-electron chi connectivity index (χ2n) is 4.93. The summed E-state index contributed by atoms with van der Waals surface area (Å²) in [6, 6.07) is 0.873.